The minimum atomic E-state index is -2.06. The lowest BCUT2D eigenvalue weighted by Gasteiger charge is -2.59. The molecule has 6 heteroatoms. The molecule has 1 saturated carbocycles. The summed E-state index contributed by atoms with van der Waals surface area (Å²) in [5.41, 5.74) is 1.49. The van der Waals surface area contributed by atoms with E-state index in [0.29, 0.717) is 5.92 Å². The van der Waals surface area contributed by atoms with E-state index in [1.807, 2.05) is 0 Å². The van der Waals surface area contributed by atoms with Crippen LogP contribution in [-0.4, -0.2) is 42.8 Å². The standard InChI is InChI=1S/C31H46N2O3Si/c1-22(2)26-27(30(3,4)5)29(33(34)35)28(26)32-21-15-20-25(32)31(36-37(6,7)8,23-16-11-9-12-17-23)24-18-13-10-14-19-24/h9-14,16-19,22,25-29H,15,20-21H2,1-8H3/t25-,26+,27+,28-,29-/m0/s1. The summed E-state index contributed by atoms with van der Waals surface area (Å²) in [5.74, 6) is 0.689. The van der Waals surface area contributed by atoms with Gasteiger partial charge in [0.15, 0.2) is 8.32 Å². The zero-order valence-electron chi connectivity index (χ0n) is 24.0. The molecule has 37 heavy (non-hydrogen) atoms. The molecule has 0 radical (unpaired) electrons. The Balaban J connectivity index is 1.91. The SMILES string of the molecule is CC(C)[C@H]1[C@H](N2CCC[C@H]2C(O[Si](C)(C)C)(c2ccccc2)c2ccccc2)[C@@H]([N+](=O)[O-])[C@@H]1C(C)(C)C. The highest BCUT2D eigenvalue weighted by Crippen LogP contribution is 2.56. The largest absolute Gasteiger partial charge is 0.403 e. The number of benzene rings is 2. The van der Waals surface area contributed by atoms with Crippen molar-refractivity contribution in [1.82, 2.24) is 4.90 Å². The van der Waals surface area contributed by atoms with E-state index in [1.54, 1.807) is 0 Å². The molecule has 5 nitrogen and oxygen atoms in total. The Hall–Kier alpha value is -2.02. The number of hydrogen-bond donors (Lipinski definition) is 0. The first-order chi connectivity index (χ1) is 17.3. The lowest BCUT2D eigenvalue weighted by atomic mass is 9.52. The highest BCUT2D eigenvalue weighted by Gasteiger charge is 2.67. The maximum atomic E-state index is 12.7. The van der Waals surface area contributed by atoms with Crippen LogP contribution in [0.2, 0.25) is 19.6 Å². The summed E-state index contributed by atoms with van der Waals surface area (Å²) in [6.07, 6.45) is 1.98. The van der Waals surface area contributed by atoms with Gasteiger partial charge in [0.1, 0.15) is 5.60 Å². The molecule has 0 N–H and O–H groups in total. The van der Waals surface area contributed by atoms with Crippen LogP contribution in [0.5, 0.6) is 0 Å². The third-order valence-corrected chi connectivity index (χ3v) is 9.49. The molecular formula is C31H46N2O3Si. The van der Waals surface area contributed by atoms with E-state index in [2.05, 4.69) is 120 Å². The fourth-order valence-electron chi connectivity index (χ4n) is 7.48. The van der Waals surface area contributed by atoms with Gasteiger partial charge in [0, 0.05) is 16.9 Å². The van der Waals surface area contributed by atoms with Gasteiger partial charge in [-0.15, -0.1) is 0 Å². The summed E-state index contributed by atoms with van der Waals surface area (Å²) in [6, 6.07) is 20.6. The van der Waals surface area contributed by atoms with Crippen LogP contribution in [-0.2, 0) is 10.0 Å². The number of nitrogens with zero attached hydrogens (tertiary/aromatic N) is 2. The van der Waals surface area contributed by atoms with Crippen LogP contribution in [0.4, 0.5) is 0 Å². The Morgan fingerprint density at radius 1 is 0.973 bits per heavy atom. The topological polar surface area (TPSA) is 55.6 Å². The molecule has 1 aliphatic carbocycles. The van der Waals surface area contributed by atoms with E-state index in [4.69, 9.17) is 4.43 Å². The van der Waals surface area contributed by atoms with Crippen molar-refractivity contribution in [2.75, 3.05) is 6.54 Å². The molecule has 0 unspecified atom stereocenters. The van der Waals surface area contributed by atoms with Crippen LogP contribution >= 0.6 is 0 Å². The quantitative estimate of drug-likeness (QED) is 0.209. The van der Waals surface area contributed by atoms with Crippen molar-refractivity contribution in [2.24, 2.45) is 23.2 Å². The van der Waals surface area contributed by atoms with Gasteiger partial charge in [-0.05, 0) is 67.4 Å². The normalized spacial score (nSPS) is 27.3. The van der Waals surface area contributed by atoms with E-state index < -0.39 is 20.0 Å². The van der Waals surface area contributed by atoms with Gasteiger partial charge in [0.25, 0.3) is 0 Å². The van der Waals surface area contributed by atoms with Crippen molar-refractivity contribution in [3.63, 3.8) is 0 Å². The Morgan fingerprint density at radius 2 is 1.49 bits per heavy atom. The highest BCUT2D eigenvalue weighted by atomic mass is 28.4. The first kappa shape index (κ1) is 28.0. The average molecular weight is 523 g/mol. The maximum Gasteiger partial charge on any atom is 0.232 e. The minimum Gasteiger partial charge on any atom is -0.403 e. The first-order valence-electron chi connectivity index (χ1n) is 14.0. The second-order valence-electron chi connectivity index (χ2n) is 13.6. The summed E-state index contributed by atoms with van der Waals surface area (Å²) in [6.45, 7) is 18.6. The van der Waals surface area contributed by atoms with Crippen molar-refractivity contribution in [3.8, 4) is 0 Å². The summed E-state index contributed by atoms with van der Waals surface area (Å²) in [4.78, 5) is 15.2. The molecule has 2 fully saturated rings. The lowest BCUT2D eigenvalue weighted by Crippen LogP contribution is -2.72. The third kappa shape index (κ3) is 5.17. The van der Waals surface area contributed by atoms with Crippen molar-refractivity contribution < 1.29 is 9.35 Å². The van der Waals surface area contributed by atoms with E-state index in [1.165, 1.54) is 0 Å². The van der Waals surface area contributed by atoms with Gasteiger partial charge in [-0.25, -0.2) is 0 Å². The van der Waals surface area contributed by atoms with Crippen LogP contribution in [0.3, 0.4) is 0 Å². The molecule has 5 atom stereocenters. The van der Waals surface area contributed by atoms with E-state index in [9.17, 15) is 10.1 Å². The van der Waals surface area contributed by atoms with Crippen LogP contribution < -0.4 is 0 Å². The fraction of sp³-hybridized carbons (Fsp3) is 0.613. The van der Waals surface area contributed by atoms with Gasteiger partial charge in [-0.3, -0.25) is 15.0 Å². The van der Waals surface area contributed by atoms with Gasteiger partial charge in [-0.1, -0.05) is 95.3 Å². The van der Waals surface area contributed by atoms with Crippen LogP contribution in [0.1, 0.15) is 58.6 Å². The molecule has 0 spiro atoms. The summed E-state index contributed by atoms with van der Waals surface area (Å²) in [7, 11) is -2.06. The first-order valence-corrected chi connectivity index (χ1v) is 17.4. The van der Waals surface area contributed by atoms with Gasteiger partial charge < -0.3 is 4.43 Å². The second kappa shape index (κ2) is 10.3. The van der Waals surface area contributed by atoms with Crippen molar-refractivity contribution in [3.05, 3.63) is 81.9 Å². The van der Waals surface area contributed by atoms with Crippen molar-refractivity contribution in [2.45, 2.75) is 90.8 Å². The predicted molar refractivity (Wildman–Crippen MR) is 154 cm³/mol. The molecule has 2 aromatic rings. The molecule has 0 bridgehead atoms. The number of nitro groups is 1. The Labute approximate surface area is 224 Å². The molecule has 202 valence electrons. The Kier molecular flexibility index (Phi) is 7.77. The Bertz CT molecular complexity index is 1020. The van der Waals surface area contributed by atoms with Crippen molar-refractivity contribution >= 4 is 8.32 Å². The van der Waals surface area contributed by atoms with Gasteiger partial charge in [0.2, 0.25) is 6.04 Å². The maximum absolute atomic E-state index is 12.7. The zero-order valence-corrected chi connectivity index (χ0v) is 25.0. The number of rotatable bonds is 8. The highest BCUT2D eigenvalue weighted by molar-refractivity contribution is 6.69. The van der Waals surface area contributed by atoms with E-state index in [0.717, 1.165) is 30.5 Å². The van der Waals surface area contributed by atoms with E-state index in [-0.39, 0.29) is 34.3 Å². The van der Waals surface area contributed by atoms with Gasteiger partial charge in [-0.2, -0.15) is 0 Å². The average Bonchev–Trinajstić information content (AvgIpc) is 3.25. The van der Waals surface area contributed by atoms with Crippen LogP contribution in [0.25, 0.3) is 0 Å². The van der Waals surface area contributed by atoms with E-state index >= 15 is 0 Å². The summed E-state index contributed by atoms with van der Waals surface area (Å²) >= 11 is 0. The Morgan fingerprint density at radius 3 is 1.89 bits per heavy atom. The number of likely N-dealkylation sites (tertiary alicyclic amines) is 1. The zero-order chi connectivity index (χ0) is 27.2. The molecule has 2 aliphatic rings. The van der Waals surface area contributed by atoms with Crippen LogP contribution in [0.15, 0.2) is 60.7 Å². The molecule has 0 amide bonds. The molecular weight excluding hydrogens is 476 g/mol. The predicted octanol–water partition coefficient (Wildman–Crippen LogP) is 7.21. The van der Waals surface area contributed by atoms with Crippen LogP contribution in [0, 0.1) is 33.3 Å². The molecule has 4 rings (SSSR count). The minimum absolute atomic E-state index is 0.0265. The van der Waals surface area contributed by atoms with Gasteiger partial charge in [0.05, 0.1) is 6.04 Å². The molecule has 1 aliphatic heterocycles. The summed E-state index contributed by atoms with van der Waals surface area (Å²) < 4.78 is 7.34. The number of hydrogen-bond acceptors (Lipinski definition) is 4. The molecule has 2 aromatic carbocycles. The smallest absolute Gasteiger partial charge is 0.232 e. The second-order valence-corrected chi connectivity index (χ2v) is 18.0. The fourth-order valence-corrected chi connectivity index (χ4v) is 8.82. The lowest BCUT2D eigenvalue weighted by molar-refractivity contribution is -0.571. The summed E-state index contributed by atoms with van der Waals surface area (Å²) in [5, 5.41) is 12.7. The third-order valence-electron chi connectivity index (χ3n) is 8.56. The molecule has 1 saturated heterocycles. The van der Waals surface area contributed by atoms with Gasteiger partial charge >= 0.3 is 0 Å². The monoisotopic (exact) mass is 522 g/mol. The molecule has 0 aromatic heterocycles. The van der Waals surface area contributed by atoms with Crippen molar-refractivity contribution in [1.29, 1.82) is 0 Å². The molecule has 1 heterocycles.